The monoisotopic (exact) mass is 613 g/mol. The van der Waals surface area contributed by atoms with Crippen LogP contribution in [0, 0.1) is 0 Å². The zero-order valence-electron chi connectivity index (χ0n) is 24.5. The van der Waals surface area contributed by atoms with Gasteiger partial charge in [-0.15, -0.1) is 0 Å². The lowest BCUT2D eigenvalue weighted by Gasteiger charge is -2.33. The number of hydrogen-bond donors (Lipinski definition) is 1. The molecular formula is C34H35N3O6S. The summed E-state index contributed by atoms with van der Waals surface area (Å²) in [6, 6.07) is 32.5. The quantitative estimate of drug-likeness (QED) is 0.243. The van der Waals surface area contributed by atoms with Crippen molar-refractivity contribution in [2.45, 2.75) is 32.1 Å². The van der Waals surface area contributed by atoms with Gasteiger partial charge in [0.15, 0.2) is 11.5 Å². The summed E-state index contributed by atoms with van der Waals surface area (Å²) in [7, 11) is -3.76. The molecule has 4 aromatic rings. The first-order valence-electron chi connectivity index (χ1n) is 14.3. The largest absolute Gasteiger partial charge is 0.454 e. The lowest BCUT2D eigenvalue weighted by Crippen LogP contribution is -2.53. The molecule has 1 heterocycles. The van der Waals surface area contributed by atoms with Gasteiger partial charge in [-0.1, -0.05) is 97.1 Å². The van der Waals surface area contributed by atoms with E-state index in [1.807, 2.05) is 103 Å². The predicted octanol–water partition coefficient (Wildman–Crippen LogP) is 4.13. The summed E-state index contributed by atoms with van der Waals surface area (Å²) in [6.45, 7) is 0.0936. The molecule has 0 saturated heterocycles. The highest BCUT2D eigenvalue weighted by Crippen LogP contribution is 2.32. The number of nitrogens with one attached hydrogen (secondary N) is 1. The van der Waals surface area contributed by atoms with Gasteiger partial charge in [0.1, 0.15) is 6.04 Å². The first kappa shape index (κ1) is 30.8. The summed E-state index contributed by atoms with van der Waals surface area (Å²) in [6.07, 6.45) is 1.33. The second-order valence-corrected chi connectivity index (χ2v) is 12.6. The van der Waals surface area contributed by atoms with Crippen LogP contribution in [-0.4, -0.2) is 55.1 Å². The second kappa shape index (κ2) is 14.2. The molecule has 4 aromatic carbocycles. The predicted molar refractivity (Wildman–Crippen MR) is 167 cm³/mol. The molecular weight excluding hydrogens is 578 g/mol. The maximum Gasteiger partial charge on any atom is 0.243 e. The molecule has 1 aliphatic heterocycles. The van der Waals surface area contributed by atoms with Crippen LogP contribution in [0.3, 0.4) is 0 Å². The molecule has 5 rings (SSSR count). The topological polar surface area (TPSA) is 105 Å². The number of benzene rings is 4. The van der Waals surface area contributed by atoms with Crippen LogP contribution in [0.1, 0.15) is 22.3 Å². The van der Waals surface area contributed by atoms with E-state index in [0.717, 1.165) is 32.8 Å². The number of ether oxygens (including phenoxy) is 2. The van der Waals surface area contributed by atoms with Crippen molar-refractivity contribution >= 4 is 21.8 Å². The van der Waals surface area contributed by atoms with Crippen molar-refractivity contribution in [1.29, 1.82) is 0 Å². The molecule has 1 N–H and O–H groups in total. The summed E-state index contributed by atoms with van der Waals surface area (Å²) in [5.74, 6) is 0.421. The van der Waals surface area contributed by atoms with Crippen LogP contribution in [0.5, 0.6) is 11.5 Å². The molecule has 1 aliphatic rings. The Morgan fingerprint density at radius 1 is 0.750 bits per heavy atom. The Bertz CT molecular complexity index is 1670. The summed E-state index contributed by atoms with van der Waals surface area (Å²) in [5.41, 5.74) is 3.25. The summed E-state index contributed by atoms with van der Waals surface area (Å²) >= 11 is 0. The maximum atomic E-state index is 14.1. The Labute approximate surface area is 258 Å². The molecule has 0 spiro atoms. The highest BCUT2D eigenvalue weighted by Gasteiger charge is 2.33. The Morgan fingerprint density at radius 2 is 1.32 bits per heavy atom. The number of nitrogens with zero attached hydrogens (tertiary/aromatic N) is 2. The van der Waals surface area contributed by atoms with Gasteiger partial charge in [0.2, 0.25) is 28.6 Å². The molecule has 2 amide bonds. The molecule has 10 heteroatoms. The van der Waals surface area contributed by atoms with Crippen LogP contribution < -0.4 is 14.8 Å². The van der Waals surface area contributed by atoms with E-state index in [4.69, 9.17) is 9.47 Å². The Balaban J connectivity index is 1.44. The zero-order valence-corrected chi connectivity index (χ0v) is 25.3. The molecule has 44 heavy (non-hydrogen) atoms. The van der Waals surface area contributed by atoms with E-state index in [9.17, 15) is 18.0 Å². The number of amides is 2. The maximum absolute atomic E-state index is 14.1. The van der Waals surface area contributed by atoms with E-state index in [2.05, 4.69) is 5.32 Å². The standard InChI is InChI=1S/C34H35N3O6S/c1-44(40,41)36(22-27-13-7-3-8-14-27)24-33(38)37(23-28-15-9-4-10-16-28)30(19-26-11-5-2-6-12-26)34(39)35-21-29-17-18-31-32(20-29)43-25-42-31/h2-18,20,30H,19,21-25H2,1H3,(H,35,39)/t30-/m1/s1. The second-order valence-electron chi connectivity index (χ2n) is 10.6. The van der Waals surface area contributed by atoms with Gasteiger partial charge >= 0.3 is 0 Å². The molecule has 228 valence electrons. The Morgan fingerprint density at radius 3 is 1.93 bits per heavy atom. The number of rotatable bonds is 13. The highest BCUT2D eigenvalue weighted by atomic mass is 32.2. The van der Waals surface area contributed by atoms with E-state index < -0.39 is 28.5 Å². The van der Waals surface area contributed by atoms with Crippen molar-refractivity contribution in [2.24, 2.45) is 0 Å². The molecule has 1 atom stereocenters. The minimum absolute atomic E-state index is 0.0320. The van der Waals surface area contributed by atoms with Crippen LogP contribution in [0.2, 0.25) is 0 Å². The van der Waals surface area contributed by atoms with E-state index in [-0.39, 0.29) is 38.8 Å². The zero-order chi connectivity index (χ0) is 30.9. The summed E-state index contributed by atoms with van der Waals surface area (Å²) < 4.78 is 37.7. The van der Waals surface area contributed by atoms with Crippen LogP contribution in [-0.2, 0) is 45.7 Å². The Kier molecular flexibility index (Phi) is 9.93. The third kappa shape index (κ3) is 8.24. The third-order valence-electron chi connectivity index (χ3n) is 7.35. The number of fused-ring (bicyclic) bond motifs is 1. The molecule has 0 unspecified atom stereocenters. The average Bonchev–Trinajstić information content (AvgIpc) is 3.50. The van der Waals surface area contributed by atoms with Gasteiger partial charge in [-0.3, -0.25) is 9.59 Å². The van der Waals surface area contributed by atoms with Crippen LogP contribution in [0.15, 0.2) is 109 Å². The molecule has 0 bridgehead atoms. The molecule has 0 aromatic heterocycles. The minimum Gasteiger partial charge on any atom is -0.454 e. The fraction of sp³-hybridized carbons (Fsp3) is 0.235. The van der Waals surface area contributed by atoms with Crippen molar-refractivity contribution in [3.8, 4) is 11.5 Å². The number of sulfonamides is 1. The third-order valence-corrected chi connectivity index (χ3v) is 8.55. The number of carbonyl (C=O) groups is 2. The van der Waals surface area contributed by atoms with Gasteiger partial charge < -0.3 is 19.7 Å². The molecule has 9 nitrogen and oxygen atoms in total. The van der Waals surface area contributed by atoms with Crippen LogP contribution in [0.4, 0.5) is 0 Å². The normalized spacial score (nSPS) is 13.0. The van der Waals surface area contributed by atoms with E-state index >= 15 is 0 Å². The first-order valence-corrected chi connectivity index (χ1v) is 16.1. The fourth-order valence-corrected chi connectivity index (χ4v) is 5.74. The smallest absolute Gasteiger partial charge is 0.243 e. The van der Waals surface area contributed by atoms with E-state index in [0.29, 0.717) is 11.5 Å². The van der Waals surface area contributed by atoms with Gasteiger partial charge in [-0.25, -0.2) is 8.42 Å². The van der Waals surface area contributed by atoms with Crippen molar-refractivity contribution in [3.63, 3.8) is 0 Å². The number of hydrogen-bond acceptors (Lipinski definition) is 6. The van der Waals surface area contributed by atoms with Crippen LogP contribution >= 0.6 is 0 Å². The molecule has 0 fully saturated rings. The molecule has 0 saturated carbocycles. The van der Waals surface area contributed by atoms with E-state index in [1.165, 1.54) is 4.90 Å². The highest BCUT2D eigenvalue weighted by molar-refractivity contribution is 7.88. The lowest BCUT2D eigenvalue weighted by molar-refractivity contribution is -0.141. The number of carbonyl (C=O) groups excluding carboxylic acids is 2. The van der Waals surface area contributed by atoms with E-state index in [1.54, 1.807) is 6.07 Å². The minimum atomic E-state index is -3.76. The SMILES string of the molecule is CS(=O)(=O)N(CC(=O)N(Cc1ccccc1)[C@H](Cc1ccccc1)C(=O)NCc1ccc2c(c1)OCO2)Cc1ccccc1. The van der Waals surface area contributed by atoms with Gasteiger partial charge in [0.25, 0.3) is 0 Å². The Hall–Kier alpha value is -4.67. The van der Waals surface area contributed by atoms with Crippen molar-refractivity contribution in [1.82, 2.24) is 14.5 Å². The summed E-state index contributed by atoms with van der Waals surface area (Å²) in [4.78, 5) is 29.6. The summed E-state index contributed by atoms with van der Waals surface area (Å²) in [5, 5.41) is 2.99. The van der Waals surface area contributed by atoms with Crippen molar-refractivity contribution < 1.29 is 27.5 Å². The molecule has 0 aliphatic carbocycles. The van der Waals surface area contributed by atoms with Gasteiger partial charge in [0, 0.05) is 26.1 Å². The van der Waals surface area contributed by atoms with Crippen LogP contribution in [0.25, 0.3) is 0 Å². The van der Waals surface area contributed by atoms with Crippen molar-refractivity contribution in [2.75, 3.05) is 19.6 Å². The van der Waals surface area contributed by atoms with Gasteiger partial charge in [0.05, 0.1) is 12.8 Å². The van der Waals surface area contributed by atoms with Gasteiger partial charge in [-0.2, -0.15) is 4.31 Å². The van der Waals surface area contributed by atoms with Crippen molar-refractivity contribution in [3.05, 3.63) is 131 Å². The first-order chi connectivity index (χ1) is 21.3. The molecule has 0 radical (unpaired) electrons. The fourth-order valence-electron chi connectivity index (χ4n) is 5.01. The van der Waals surface area contributed by atoms with Gasteiger partial charge in [-0.05, 0) is 34.4 Å². The average molecular weight is 614 g/mol. The lowest BCUT2D eigenvalue weighted by atomic mass is 10.0.